The van der Waals surface area contributed by atoms with Crippen LogP contribution in [0.4, 0.5) is 0 Å². The summed E-state index contributed by atoms with van der Waals surface area (Å²) in [4.78, 5) is 25.4. The summed E-state index contributed by atoms with van der Waals surface area (Å²) in [6.45, 7) is 6.21. The van der Waals surface area contributed by atoms with Crippen LogP contribution in [0, 0.1) is 22.7 Å². The third kappa shape index (κ3) is 1.77. The van der Waals surface area contributed by atoms with Gasteiger partial charge in [-0.3, -0.25) is 9.59 Å². The molecule has 24 heavy (non-hydrogen) atoms. The van der Waals surface area contributed by atoms with Crippen LogP contribution in [0.3, 0.4) is 0 Å². The van der Waals surface area contributed by atoms with E-state index in [2.05, 4.69) is 29.8 Å². The van der Waals surface area contributed by atoms with Crippen molar-refractivity contribution in [3.8, 4) is 0 Å². The molecule has 132 valence electrons. The van der Waals surface area contributed by atoms with Crippen molar-refractivity contribution in [3.05, 3.63) is 11.6 Å². The molecule has 0 aromatic heterocycles. The highest BCUT2D eigenvalue weighted by Crippen LogP contribution is 2.70. The number of ketones is 2. The lowest BCUT2D eigenvalue weighted by molar-refractivity contribution is -0.151. The standard InChI is InChI=1S/C20H27BrO3/c1-17-8-6-13(22)10-12(17)4-5-15-14-7-9-19(3,24)18(14,2)11-16(23)20(15,17)21/h10,14-15,24H,4-9,11H2,1-3H3/t14-,15-,17-,18-,19-,20-/m0/s1. The molecule has 0 bridgehead atoms. The van der Waals surface area contributed by atoms with Crippen LogP contribution >= 0.6 is 15.9 Å². The highest BCUT2D eigenvalue weighted by molar-refractivity contribution is 9.10. The Labute approximate surface area is 152 Å². The molecule has 1 N–H and O–H groups in total. The number of hydrogen-bond acceptors (Lipinski definition) is 3. The van der Waals surface area contributed by atoms with E-state index in [1.165, 1.54) is 0 Å². The Bertz CT molecular complexity index is 666. The van der Waals surface area contributed by atoms with Crippen molar-refractivity contribution in [2.24, 2.45) is 22.7 Å². The van der Waals surface area contributed by atoms with Gasteiger partial charge in [0.25, 0.3) is 0 Å². The SMILES string of the molecule is C[C@]1(O)CC[C@H]2[C@@H]3CCC4=CC(=O)CC[C@]4(C)[C@@]3(Br)C(=O)C[C@@]21C. The van der Waals surface area contributed by atoms with Crippen molar-refractivity contribution < 1.29 is 14.7 Å². The number of halogens is 1. The van der Waals surface area contributed by atoms with Crippen LogP contribution in [0.1, 0.15) is 65.7 Å². The topological polar surface area (TPSA) is 54.4 Å². The third-order valence-corrected chi connectivity index (χ3v) is 10.3. The molecule has 3 fully saturated rings. The van der Waals surface area contributed by atoms with E-state index in [4.69, 9.17) is 0 Å². The molecule has 0 spiro atoms. The van der Waals surface area contributed by atoms with Gasteiger partial charge in [0, 0.05) is 23.7 Å². The maximum Gasteiger partial charge on any atom is 0.155 e. The average Bonchev–Trinajstić information content (AvgIpc) is 2.72. The van der Waals surface area contributed by atoms with Crippen molar-refractivity contribution in [2.45, 2.75) is 75.6 Å². The van der Waals surface area contributed by atoms with Crippen molar-refractivity contribution >= 4 is 27.5 Å². The van der Waals surface area contributed by atoms with Gasteiger partial charge >= 0.3 is 0 Å². The highest BCUT2D eigenvalue weighted by Gasteiger charge is 2.71. The molecular weight excluding hydrogens is 368 g/mol. The summed E-state index contributed by atoms with van der Waals surface area (Å²) in [5.41, 5.74) is -0.194. The first kappa shape index (κ1) is 17.0. The van der Waals surface area contributed by atoms with Crippen molar-refractivity contribution in [1.29, 1.82) is 0 Å². The van der Waals surface area contributed by atoms with Gasteiger partial charge < -0.3 is 5.11 Å². The third-order valence-electron chi connectivity index (χ3n) is 8.36. The number of allylic oxidation sites excluding steroid dienone is 1. The molecular formula is C20H27BrO3. The molecule has 4 aliphatic carbocycles. The van der Waals surface area contributed by atoms with E-state index in [1.54, 1.807) is 0 Å². The molecule has 0 aromatic rings. The number of carbonyl (C=O) groups is 2. The van der Waals surface area contributed by atoms with Crippen LogP contribution in [0.15, 0.2) is 11.6 Å². The van der Waals surface area contributed by atoms with Gasteiger partial charge in [-0.15, -0.1) is 0 Å². The van der Waals surface area contributed by atoms with E-state index in [-0.39, 0.29) is 28.3 Å². The summed E-state index contributed by atoms with van der Waals surface area (Å²) in [5, 5.41) is 10.9. The van der Waals surface area contributed by atoms with Gasteiger partial charge in [0.2, 0.25) is 0 Å². The summed E-state index contributed by atoms with van der Waals surface area (Å²) in [6, 6.07) is 0. The molecule has 3 nitrogen and oxygen atoms in total. The number of Topliss-reactive ketones (excluding diaryl/α,β-unsaturated/α-hetero) is 1. The van der Waals surface area contributed by atoms with Gasteiger partial charge in [0.05, 0.1) is 9.93 Å². The number of fused-ring (bicyclic) bond motifs is 5. The Kier molecular flexibility index (Phi) is 3.41. The second-order valence-electron chi connectivity index (χ2n) is 9.26. The van der Waals surface area contributed by atoms with Crippen LogP contribution in [0.2, 0.25) is 0 Å². The quantitative estimate of drug-likeness (QED) is 0.632. The molecule has 0 aliphatic heterocycles. The van der Waals surface area contributed by atoms with Gasteiger partial charge in [-0.05, 0) is 56.9 Å². The molecule has 3 saturated carbocycles. The molecule has 4 rings (SSSR count). The Hall–Kier alpha value is -0.480. The summed E-state index contributed by atoms with van der Waals surface area (Å²) in [6.07, 6.45) is 7.14. The molecule has 6 atom stereocenters. The number of rotatable bonds is 0. The average molecular weight is 395 g/mol. The molecule has 0 saturated heterocycles. The van der Waals surface area contributed by atoms with Gasteiger partial charge in [-0.1, -0.05) is 35.4 Å². The molecule has 0 heterocycles. The Morgan fingerprint density at radius 1 is 1.08 bits per heavy atom. The predicted molar refractivity (Wildman–Crippen MR) is 95.9 cm³/mol. The van der Waals surface area contributed by atoms with Gasteiger partial charge in [-0.2, -0.15) is 0 Å². The molecule has 0 unspecified atom stereocenters. The number of aliphatic hydroxyl groups is 1. The fourth-order valence-corrected chi connectivity index (χ4v) is 7.65. The Balaban J connectivity index is 1.84. The molecule has 4 aliphatic rings. The smallest absolute Gasteiger partial charge is 0.155 e. The van der Waals surface area contributed by atoms with Crippen molar-refractivity contribution in [2.75, 3.05) is 0 Å². The zero-order chi connectivity index (χ0) is 17.5. The minimum atomic E-state index is -0.763. The zero-order valence-corrected chi connectivity index (χ0v) is 16.4. The number of alkyl halides is 1. The van der Waals surface area contributed by atoms with Crippen LogP contribution in [0.5, 0.6) is 0 Å². The normalized spacial score (nSPS) is 54.0. The van der Waals surface area contributed by atoms with Crippen LogP contribution in [-0.4, -0.2) is 26.6 Å². The van der Waals surface area contributed by atoms with E-state index in [0.717, 1.165) is 37.7 Å². The van der Waals surface area contributed by atoms with Crippen LogP contribution < -0.4 is 0 Å². The van der Waals surface area contributed by atoms with E-state index in [0.29, 0.717) is 18.8 Å². The lowest BCUT2D eigenvalue weighted by Crippen LogP contribution is -2.66. The van der Waals surface area contributed by atoms with E-state index in [9.17, 15) is 14.7 Å². The lowest BCUT2D eigenvalue weighted by Gasteiger charge is -2.62. The first-order valence-electron chi connectivity index (χ1n) is 9.25. The fraction of sp³-hybridized carbons (Fsp3) is 0.800. The van der Waals surface area contributed by atoms with Gasteiger partial charge in [0.1, 0.15) is 0 Å². The first-order valence-corrected chi connectivity index (χ1v) is 10.0. The Morgan fingerprint density at radius 3 is 2.50 bits per heavy atom. The molecule has 0 aromatic carbocycles. The lowest BCUT2D eigenvalue weighted by atomic mass is 9.46. The van der Waals surface area contributed by atoms with E-state index < -0.39 is 9.93 Å². The Morgan fingerprint density at radius 2 is 1.79 bits per heavy atom. The highest BCUT2D eigenvalue weighted by atomic mass is 79.9. The molecule has 0 amide bonds. The monoisotopic (exact) mass is 394 g/mol. The van der Waals surface area contributed by atoms with E-state index >= 15 is 0 Å². The number of carbonyl (C=O) groups excluding carboxylic acids is 2. The zero-order valence-electron chi connectivity index (χ0n) is 14.8. The summed E-state index contributed by atoms with van der Waals surface area (Å²) in [5.74, 6) is 1.04. The summed E-state index contributed by atoms with van der Waals surface area (Å²) >= 11 is 3.97. The van der Waals surface area contributed by atoms with Gasteiger partial charge in [0.15, 0.2) is 11.6 Å². The fourth-order valence-electron chi connectivity index (χ4n) is 6.50. The first-order chi connectivity index (χ1) is 11.1. The number of hydrogen-bond donors (Lipinski definition) is 1. The second kappa shape index (κ2) is 4.82. The largest absolute Gasteiger partial charge is 0.390 e. The molecule has 4 heteroatoms. The van der Waals surface area contributed by atoms with Gasteiger partial charge in [-0.25, -0.2) is 0 Å². The van der Waals surface area contributed by atoms with E-state index in [1.807, 2.05) is 13.0 Å². The maximum absolute atomic E-state index is 13.5. The minimum Gasteiger partial charge on any atom is -0.390 e. The van der Waals surface area contributed by atoms with Crippen molar-refractivity contribution in [1.82, 2.24) is 0 Å². The predicted octanol–water partition coefficient (Wildman–Crippen LogP) is 3.97. The maximum atomic E-state index is 13.5. The summed E-state index contributed by atoms with van der Waals surface area (Å²) < 4.78 is -0.574. The molecule has 0 radical (unpaired) electrons. The van der Waals surface area contributed by atoms with Crippen LogP contribution in [0.25, 0.3) is 0 Å². The van der Waals surface area contributed by atoms with Crippen LogP contribution in [-0.2, 0) is 9.59 Å². The minimum absolute atomic E-state index is 0.203. The summed E-state index contributed by atoms with van der Waals surface area (Å²) in [7, 11) is 0. The second-order valence-corrected chi connectivity index (χ2v) is 10.5. The van der Waals surface area contributed by atoms with Crippen molar-refractivity contribution in [3.63, 3.8) is 0 Å².